The maximum absolute atomic E-state index is 12.3. The van der Waals surface area contributed by atoms with Crippen molar-refractivity contribution in [2.45, 2.75) is 31.6 Å². The van der Waals surface area contributed by atoms with Crippen LogP contribution in [0.1, 0.15) is 25.3 Å². The second-order valence-electron chi connectivity index (χ2n) is 5.95. The van der Waals surface area contributed by atoms with Crippen molar-refractivity contribution in [2.75, 3.05) is 13.1 Å². The highest BCUT2D eigenvalue weighted by Crippen LogP contribution is 2.29. The molecular weight excluding hydrogens is 316 g/mol. The fraction of sp³-hybridized carbons (Fsp3) is 0.412. The molecule has 5 nitrogen and oxygen atoms in total. The van der Waals surface area contributed by atoms with Crippen LogP contribution >= 0.6 is 11.6 Å². The molecule has 0 bridgehead atoms. The Morgan fingerprint density at radius 1 is 1.35 bits per heavy atom. The van der Waals surface area contributed by atoms with E-state index in [1.54, 1.807) is 36.1 Å². The number of amides is 2. The van der Waals surface area contributed by atoms with Crippen LogP contribution in [0.2, 0.25) is 5.02 Å². The molecule has 122 valence electrons. The third-order valence-corrected chi connectivity index (χ3v) is 4.55. The fourth-order valence-electron chi connectivity index (χ4n) is 2.93. The summed E-state index contributed by atoms with van der Waals surface area (Å²) in [7, 11) is 0. The van der Waals surface area contributed by atoms with Gasteiger partial charge in [-0.15, -0.1) is 0 Å². The summed E-state index contributed by atoms with van der Waals surface area (Å²) >= 11 is 5.83. The van der Waals surface area contributed by atoms with E-state index in [0.29, 0.717) is 31.0 Å². The van der Waals surface area contributed by atoms with Crippen LogP contribution in [0.4, 0.5) is 0 Å². The van der Waals surface area contributed by atoms with Crippen molar-refractivity contribution in [1.82, 2.24) is 10.2 Å². The summed E-state index contributed by atoms with van der Waals surface area (Å²) in [4.78, 5) is 25.6. The second kappa shape index (κ2) is 6.34. The van der Waals surface area contributed by atoms with E-state index in [9.17, 15) is 9.59 Å². The molecule has 2 aliphatic rings. The molecule has 1 atom stereocenters. The lowest BCUT2D eigenvalue weighted by molar-refractivity contribution is -0.133. The SMILES string of the molecule is CC1OC2(CCN(C(=O)/C=C/c3ccc(Cl)cc3)CC2)NC1=O. The molecule has 0 saturated carbocycles. The Morgan fingerprint density at radius 3 is 2.57 bits per heavy atom. The van der Waals surface area contributed by atoms with Gasteiger partial charge in [0.1, 0.15) is 11.8 Å². The van der Waals surface area contributed by atoms with Crippen LogP contribution in [0.5, 0.6) is 0 Å². The summed E-state index contributed by atoms with van der Waals surface area (Å²) in [5.41, 5.74) is 0.337. The number of halogens is 1. The largest absolute Gasteiger partial charge is 0.343 e. The number of ether oxygens (including phenoxy) is 1. The second-order valence-corrected chi connectivity index (χ2v) is 6.39. The van der Waals surface area contributed by atoms with Gasteiger partial charge in [-0.1, -0.05) is 23.7 Å². The Balaban J connectivity index is 1.56. The number of carbonyl (C=O) groups excluding carboxylic acids is 2. The third kappa shape index (κ3) is 3.57. The quantitative estimate of drug-likeness (QED) is 0.844. The maximum atomic E-state index is 12.3. The van der Waals surface area contributed by atoms with Gasteiger partial charge in [0.25, 0.3) is 5.91 Å². The molecule has 1 unspecified atom stereocenters. The fourth-order valence-corrected chi connectivity index (χ4v) is 3.05. The molecule has 1 aromatic carbocycles. The van der Waals surface area contributed by atoms with Crippen LogP contribution in [-0.2, 0) is 14.3 Å². The molecule has 23 heavy (non-hydrogen) atoms. The van der Waals surface area contributed by atoms with Crippen molar-refractivity contribution < 1.29 is 14.3 Å². The maximum Gasteiger partial charge on any atom is 0.251 e. The van der Waals surface area contributed by atoms with Crippen molar-refractivity contribution in [2.24, 2.45) is 0 Å². The molecule has 2 heterocycles. The molecule has 1 spiro atoms. The first-order valence-corrected chi connectivity index (χ1v) is 8.08. The number of piperidine rings is 1. The Kier molecular flexibility index (Phi) is 4.41. The number of hydrogen-bond donors (Lipinski definition) is 1. The summed E-state index contributed by atoms with van der Waals surface area (Å²) in [6.07, 6.45) is 4.16. The Morgan fingerprint density at radius 2 is 2.00 bits per heavy atom. The van der Waals surface area contributed by atoms with E-state index in [1.807, 2.05) is 12.1 Å². The van der Waals surface area contributed by atoms with E-state index in [0.717, 1.165) is 5.56 Å². The Bertz CT molecular complexity index is 634. The molecule has 2 aliphatic heterocycles. The van der Waals surface area contributed by atoms with E-state index in [4.69, 9.17) is 16.3 Å². The zero-order valence-corrected chi connectivity index (χ0v) is 13.7. The van der Waals surface area contributed by atoms with Gasteiger partial charge in [0.15, 0.2) is 0 Å². The minimum absolute atomic E-state index is 0.0350. The molecule has 1 aromatic rings. The molecule has 0 aromatic heterocycles. The first kappa shape index (κ1) is 16.0. The highest BCUT2D eigenvalue weighted by atomic mass is 35.5. The summed E-state index contributed by atoms with van der Waals surface area (Å²) in [5, 5.41) is 3.58. The zero-order valence-electron chi connectivity index (χ0n) is 12.9. The summed E-state index contributed by atoms with van der Waals surface area (Å²) in [5.74, 6) is -0.111. The van der Waals surface area contributed by atoms with Crippen molar-refractivity contribution in [3.8, 4) is 0 Å². The van der Waals surface area contributed by atoms with Gasteiger partial charge in [0, 0.05) is 37.0 Å². The van der Waals surface area contributed by atoms with Crippen LogP contribution in [-0.4, -0.2) is 41.6 Å². The van der Waals surface area contributed by atoms with Crippen molar-refractivity contribution in [3.63, 3.8) is 0 Å². The summed E-state index contributed by atoms with van der Waals surface area (Å²) < 4.78 is 5.74. The molecule has 0 aliphatic carbocycles. The van der Waals surface area contributed by atoms with Gasteiger partial charge in [0.05, 0.1) is 0 Å². The number of hydrogen-bond acceptors (Lipinski definition) is 3. The Labute approximate surface area is 140 Å². The molecular formula is C17H19ClN2O3. The third-order valence-electron chi connectivity index (χ3n) is 4.29. The number of benzene rings is 1. The first-order valence-electron chi connectivity index (χ1n) is 7.70. The van der Waals surface area contributed by atoms with Gasteiger partial charge >= 0.3 is 0 Å². The molecule has 2 amide bonds. The Hall–Kier alpha value is -1.85. The number of nitrogens with one attached hydrogen (secondary N) is 1. The van der Waals surface area contributed by atoms with Crippen LogP contribution in [0.3, 0.4) is 0 Å². The van der Waals surface area contributed by atoms with Crippen molar-refractivity contribution >= 4 is 29.5 Å². The smallest absolute Gasteiger partial charge is 0.251 e. The number of rotatable bonds is 2. The van der Waals surface area contributed by atoms with Crippen molar-refractivity contribution in [3.05, 3.63) is 40.9 Å². The average Bonchev–Trinajstić information content (AvgIpc) is 2.81. The summed E-state index contributed by atoms with van der Waals surface area (Å²) in [6, 6.07) is 7.30. The lowest BCUT2D eigenvalue weighted by atomic mass is 10.0. The van der Waals surface area contributed by atoms with Gasteiger partial charge in [0.2, 0.25) is 5.91 Å². The average molecular weight is 335 g/mol. The van der Waals surface area contributed by atoms with Gasteiger partial charge in [-0.25, -0.2) is 0 Å². The van der Waals surface area contributed by atoms with Gasteiger partial charge in [-0.2, -0.15) is 0 Å². The standard InChI is InChI=1S/C17H19ClN2O3/c1-12-16(22)19-17(23-12)8-10-20(11-9-17)15(21)7-4-13-2-5-14(18)6-3-13/h2-7,12H,8-11H2,1H3,(H,19,22)/b7-4+. The molecule has 6 heteroatoms. The normalized spacial score (nSPS) is 23.5. The highest BCUT2D eigenvalue weighted by molar-refractivity contribution is 6.30. The highest BCUT2D eigenvalue weighted by Gasteiger charge is 2.45. The molecule has 0 radical (unpaired) electrons. The van der Waals surface area contributed by atoms with E-state index in [-0.39, 0.29) is 11.8 Å². The molecule has 1 N–H and O–H groups in total. The monoisotopic (exact) mass is 334 g/mol. The molecule has 3 rings (SSSR count). The predicted molar refractivity (Wildman–Crippen MR) is 87.7 cm³/mol. The lowest BCUT2D eigenvalue weighted by Gasteiger charge is -2.38. The van der Waals surface area contributed by atoms with Crippen LogP contribution in [0.25, 0.3) is 6.08 Å². The molecule has 2 fully saturated rings. The first-order chi connectivity index (χ1) is 11.0. The van der Waals surface area contributed by atoms with Gasteiger partial charge < -0.3 is 15.0 Å². The van der Waals surface area contributed by atoms with E-state index < -0.39 is 11.8 Å². The van der Waals surface area contributed by atoms with Crippen LogP contribution in [0, 0.1) is 0 Å². The van der Waals surface area contributed by atoms with Gasteiger partial charge in [-0.3, -0.25) is 9.59 Å². The van der Waals surface area contributed by atoms with Gasteiger partial charge in [-0.05, 0) is 30.7 Å². The predicted octanol–water partition coefficient (Wildman–Crippen LogP) is 2.21. The number of nitrogens with zero attached hydrogens (tertiary/aromatic N) is 1. The zero-order chi connectivity index (χ0) is 16.4. The summed E-state index contributed by atoms with van der Waals surface area (Å²) in [6.45, 7) is 2.88. The van der Waals surface area contributed by atoms with Crippen LogP contribution < -0.4 is 5.32 Å². The lowest BCUT2D eigenvalue weighted by Crippen LogP contribution is -2.52. The van der Waals surface area contributed by atoms with E-state index in [2.05, 4.69) is 5.32 Å². The number of carbonyl (C=O) groups is 2. The van der Waals surface area contributed by atoms with Crippen LogP contribution in [0.15, 0.2) is 30.3 Å². The van der Waals surface area contributed by atoms with E-state index >= 15 is 0 Å². The topological polar surface area (TPSA) is 58.6 Å². The minimum atomic E-state index is -0.590. The minimum Gasteiger partial charge on any atom is -0.343 e. The van der Waals surface area contributed by atoms with Crippen molar-refractivity contribution in [1.29, 1.82) is 0 Å². The number of likely N-dealkylation sites (tertiary alicyclic amines) is 1. The molecule has 2 saturated heterocycles. The van der Waals surface area contributed by atoms with E-state index in [1.165, 1.54) is 0 Å².